The van der Waals surface area contributed by atoms with E-state index in [4.69, 9.17) is 5.14 Å². The zero-order valence-corrected chi connectivity index (χ0v) is 13.2. The Morgan fingerprint density at radius 1 is 1.29 bits per heavy atom. The van der Waals surface area contributed by atoms with E-state index in [9.17, 15) is 13.5 Å². The van der Waals surface area contributed by atoms with Gasteiger partial charge in [0.1, 0.15) is 4.21 Å². The molecule has 0 radical (unpaired) electrons. The van der Waals surface area contributed by atoms with Gasteiger partial charge < -0.3 is 10.4 Å². The molecule has 0 spiro atoms. The summed E-state index contributed by atoms with van der Waals surface area (Å²) in [7, 11) is -3.69. The van der Waals surface area contributed by atoms with Crippen molar-refractivity contribution in [3.8, 4) is 0 Å². The maximum atomic E-state index is 11.4. The topological polar surface area (TPSA) is 92.4 Å². The standard InChI is InChI=1S/C14H18N2O3S2/c1-14(17,12-5-3-2-4-6-12)10-16-9-11-7-8-20-13(11)21(15,18)19/h2-8,16-17H,9-10H2,1H3,(H2,15,18,19). The molecule has 2 rings (SSSR count). The lowest BCUT2D eigenvalue weighted by Gasteiger charge is -2.24. The molecular weight excluding hydrogens is 308 g/mol. The molecule has 21 heavy (non-hydrogen) atoms. The van der Waals surface area contributed by atoms with E-state index in [1.165, 1.54) is 0 Å². The van der Waals surface area contributed by atoms with Crippen LogP contribution in [0.25, 0.3) is 0 Å². The molecule has 1 aromatic heterocycles. The Kier molecular flexibility index (Phi) is 4.80. The molecule has 1 atom stereocenters. The van der Waals surface area contributed by atoms with Crippen molar-refractivity contribution in [1.29, 1.82) is 0 Å². The van der Waals surface area contributed by atoms with Gasteiger partial charge in [-0.2, -0.15) is 0 Å². The van der Waals surface area contributed by atoms with E-state index >= 15 is 0 Å². The molecule has 0 saturated heterocycles. The average Bonchev–Trinajstić information content (AvgIpc) is 2.88. The lowest BCUT2D eigenvalue weighted by atomic mass is 9.96. The zero-order valence-electron chi connectivity index (χ0n) is 11.6. The van der Waals surface area contributed by atoms with Crippen LogP contribution in [0.4, 0.5) is 0 Å². The van der Waals surface area contributed by atoms with E-state index in [0.717, 1.165) is 16.9 Å². The number of sulfonamides is 1. The van der Waals surface area contributed by atoms with Crippen molar-refractivity contribution in [1.82, 2.24) is 5.32 Å². The van der Waals surface area contributed by atoms with Crippen LogP contribution in [0.5, 0.6) is 0 Å². The van der Waals surface area contributed by atoms with Gasteiger partial charge in [-0.25, -0.2) is 13.6 Å². The molecule has 1 aromatic carbocycles. The first kappa shape index (κ1) is 16.1. The highest BCUT2D eigenvalue weighted by molar-refractivity contribution is 7.91. The fourth-order valence-electron chi connectivity index (χ4n) is 2.04. The summed E-state index contributed by atoms with van der Waals surface area (Å²) in [5, 5.41) is 20.4. The first-order chi connectivity index (χ1) is 9.81. The Morgan fingerprint density at radius 2 is 1.95 bits per heavy atom. The van der Waals surface area contributed by atoms with Gasteiger partial charge in [-0.15, -0.1) is 11.3 Å². The molecule has 4 N–H and O–H groups in total. The monoisotopic (exact) mass is 326 g/mol. The molecule has 0 aliphatic heterocycles. The van der Waals surface area contributed by atoms with Gasteiger partial charge in [0.05, 0.1) is 5.60 Å². The molecule has 0 saturated carbocycles. The Labute approximate surface area is 128 Å². The number of benzene rings is 1. The molecule has 114 valence electrons. The second-order valence-electron chi connectivity index (χ2n) is 5.02. The Bertz CT molecular complexity index is 694. The highest BCUT2D eigenvalue weighted by Crippen LogP contribution is 2.22. The second kappa shape index (κ2) is 6.25. The number of rotatable bonds is 6. The lowest BCUT2D eigenvalue weighted by Crippen LogP contribution is -2.35. The van der Waals surface area contributed by atoms with E-state index in [1.807, 2.05) is 30.3 Å². The van der Waals surface area contributed by atoms with Gasteiger partial charge in [0, 0.05) is 13.1 Å². The minimum atomic E-state index is -3.69. The molecule has 2 aromatic rings. The van der Waals surface area contributed by atoms with E-state index < -0.39 is 15.6 Å². The average molecular weight is 326 g/mol. The van der Waals surface area contributed by atoms with Crippen molar-refractivity contribution in [2.75, 3.05) is 6.54 Å². The maximum Gasteiger partial charge on any atom is 0.247 e. The van der Waals surface area contributed by atoms with Crippen LogP contribution < -0.4 is 10.5 Å². The SMILES string of the molecule is CC(O)(CNCc1ccsc1S(N)(=O)=O)c1ccccc1. The normalized spacial score (nSPS) is 14.8. The van der Waals surface area contributed by atoms with Gasteiger partial charge in [0.2, 0.25) is 10.0 Å². The number of aliphatic hydroxyl groups is 1. The van der Waals surface area contributed by atoms with Crippen LogP contribution in [0.2, 0.25) is 0 Å². The van der Waals surface area contributed by atoms with Gasteiger partial charge >= 0.3 is 0 Å². The minimum Gasteiger partial charge on any atom is -0.384 e. The third-order valence-corrected chi connectivity index (χ3v) is 5.66. The summed E-state index contributed by atoms with van der Waals surface area (Å²) in [6.07, 6.45) is 0. The number of primary sulfonamides is 1. The van der Waals surface area contributed by atoms with Crippen LogP contribution in [0, 0.1) is 0 Å². The minimum absolute atomic E-state index is 0.161. The molecule has 0 aliphatic rings. The smallest absolute Gasteiger partial charge is 0.247 e. The number of nitrogens with one attached hydrogen (secondary N) is 1. The van der Waals surface area contributed by atoms with Crippen LogP contribution in [-0.4, -0.2) is 20.1 Å². The van der Waals surface area contributed by atoms with Crippen LogP contribution in [0.15, 0.2) is 46.0 Å². The molecular formula is C14H18N2O3S2. The molecule has 7 heteroatoms. The number of hydrogen-bond acceptors (Lipinski definition) is 5. The summed E-state index contributed by atoms with van der Waals surface area (Å²) in [6, 6.07) is 11.0. The summed E-state index contributed by atoms with van der Waals surface area (Å²) < 4.78 is 23.0. The molecule has 0 amide bonds. The Hall–Kier alpha value is -1.25. The molecule has 5 nitrogen and oxygen atoms in total. The van der Waals surface area contributed by atoms with E-state index in [1.54, 1.807) is 18.4 Å². The van der Waals surface area contributed by atoms with Gasteiger partial charge in [-0.1, -0.05) is 30.3 Å². The van der Waals surface area contributed by atoms with Crippen molar-refractivity contribution < 1.29 is 13.5 Å². The van der Waals surface area contributed by atoms with Crippen LogP contribution in [-0.2, 0) is 22.2 Å². The highest BCUT2D eigenvalue weighted by Gasteiger charge is 2.23. The zero-order chi connectivity index (χ0) is 15.5. The molecule has 0 fully saturated rings. The maximum absolute atomic E-state index is 11.4. The molecule has 0 aliphatic carbocycles. The number of hydrogen-bond donors (Lipinski definition) is 3. The fourth-order valence-corrected chi connectivity index (χ4v) is 3.90. The van der Waals surface area contributed by atoms with E-state index in [2.05, 4.69) is 5.32 Å². The third-order valence-electron chi connectivity index (χ3n) is 3.15. The van der Waals surface area contributed by atoms with Crippen molar-refractivity contribution >= 4 is 21.4 Å². The van der Waals surface area contributed by atoms with Crippen LogP contribution >= 0.6 is 11.3 Å². The summed E-state index contributed by atoms with van der Waals surface area (Å²) in [6.45, 7) is 2.35. The summed E-state index contributed by atoms with van der Waals surface area (Å²) >= 11 is 1.10. The lowest BCUT2D eigenvalue weighted by molar-refractivity contribution is 0.0566. The first-order valence-corrected chi connectivity index (χ1v) is 8.81. The highest BCUT2D eigenvalue weighted by atomic mass is 32.2. The third kappa shape index (κ3) is 4.12. The molecule has 1 heterocycles. The predicted molar refractivity (Wildman–Crippen MR) is 83.4 cm³/mol. The van der Waals surface area contributed by atoms with Crippen LogP contribution in [0.3, 0.4) is 0 Å². The van der Waals surface area contributed by atoms with Crippen molar-refractivity contribution in [2.45, 2.75) is 23.3 Å². The van der Waals surface area contributed by atoms with Crippen molar-refractivity contribution in [2.24, 2.45) is 5.14 Å². The largest absolute Gasteiger partial charge is 0.384 e. The van der Waals surface area contributed by atoms with Gasteiger partial charge in [-0.3, -0.25) is 0 Å². The van der Waals surface area contributed by atoms with E-state index in [0.29, 0.717) is 18.7 Å². The molecule has 0 bridgehead atoms. The van der Waals surface area contributed by atoms with Crippen molar-refractivity contribution in [3.63, 3.8) is 0 Å². The van der Waals surface area contributed by atoms with Gasteiger partial charge in [0.15, 0.2) is 0 Å². The summed E-state index contributed by atoms with van der Waals surface area (Å²) in [4.78, 5) is 0. The fraction of sp³-hybridized carbons (Fsp3) is 0.286. The number of nitrogens with two attached hydrogens (primary N) is 1. The quantitative estimate of drug-likeness (QED) is 0.748. The predicted octanol–water partition coefficient (Wildman–Crippen LogP) is 1.39. The summed E-state index contributed by atoms with van der Waals surface area (Å²) in [5.41, 5.74) is 0.389. The van der Waals surface area contributed by atoms with Crippen molar-refractivity contribution in [3.05, 3.63) is 52.9 Å². The Balaban J connectivity index is 2.01. The first-order valence-electron chi connectivity index (χ1n) is 6.38. The van der Waals surface area contributed by atoms with Gasteiger partial charge in [-0.05, 0) is 29.5 Å². The van der Waals surface area contributed by atoms with Crippen LogP contribution in [0.1, 0.15) is 18.1 Å². The number of thiophene rings is 1. The second-order valence-corrected chi connectivity index (χ2v) is 7.69. The van der Waals surface area contributed by atoms with E-state index in [-0.39, 0.29) is 4.21 Å². The molecule has 1 unspecified atom stereocenters. The van der Waals surface area contributed by atoms with Gasteiger partial charge in [0.25, 0.3) is 0 Å². The summed E-state index contributed by atoms with van der Waals surface area (Å²) in [5.74, 6) is 0. The Morgan fingerprint density at radius 3 is 2.57 bits per heavy atom.